The van der Waals surface area contributed by atoms with Crippen molar-refractivity contribution in [3.63, 3.8) is 0 Å². The van der Waals surface area contributed by atoms with Crippen molar-refractivity contribution in [2.24, 2.45) is 0 Å². The molecule has 0 saturated heterocycles. The van der Waals surface area contributed by atoms with Gasteiger partial charge in [-0.3, -0.25) is 0 Å². The van der Waals surface area contributed by atoms with E-state index in [0.717, 1.165) is 29.0 Å². The van der Waals surface area contributed by atoms with Gasteiger partial charge in [-0.15, -0.1) is 0 Å². The Kier molecular flexibility index (Phi) is 9.73. The second kappa shape index (κ2) is 12.8. The second-order valence-electron chi connectivity index (χ2n) is 8.06. The van der Waals surface area contributed by atoms with Crippen molar-refractivity contribution in [1.82, 2.24) is 0 Å². The first-order valence-electron chi connectivity index (χ1n) is 11.5. The summed E-state index contributed by atoms with van der Waals surface area (Å²) in [4.78, 5) is 0. The van der Waals surface area contributed by atoms with Crippen LogP contribution in [0, 0.1) is 0 Å². The number of rotatable bonds is 14. The molecule has 1 unspecified atom stereocenters. The van der Waals surface area contributed by atoms with E-state index < -0.39 is 8.25 Å². The fraction of sp³-hybridized carbons (Fsp3) is 0.462. The molecule has 30 heavy (non-hydrogen) atoms. The molecule has 4 heteroatoms. The number of fused-ring (bicyclic) bond motifs is 2. The van der Waals surface area contributed by atoms with Crippen LogP contribution in [0.5, 0.6) is 5.75 Å². The molecule has 162 valence electrons. The zero-order chi connectivity index (χ0) is 21.0. The minimum absolute atomic E-state index is 0.502. The molecule has 0 bridgehead atoms. The highest BCUT2D eigenvalue weighted by molar-refractivity contribution is 7.33. The molecule has 0 aliphatic rings. The molecule has 0 heterocycles. The Bertz CT molecular complexity index is 938. The molecule has 0 aliphatic carbocycles. The van der Waals surface area contributed by atoms with E-state index >= 15 is 0 Å². The molecular formula is C26H35O3P. The third kappa shape index (κ3) is 7.15. The van der Waals surface area contributed by atoms with Crippen molar-refractivity contribution in [3.05, 3.63) is 54.6 Å². The predicted molar refractivity (Wildman–Crippen MR) is 129 cm³/mol. The van der Waals surface area contributed by atoms with Gasteiger partial charge in [0.05, 0.1) is 6.61 Å². The zero-order valence-corrected chi connectivity index (χ0v) is 19.2. The summed E-state index contributed by atoms with van der Waals surface area (Å²) in [5.74, 6) is 0.630. The van der Waals surface area contributed by atoms with Crippen LogP contribution in [0.1, 0.15) is 71.1 Å². The SMILES string of the molecule is CCCCCCCCCCCCO[PH](=O)Oc1cccc2cc3ccccc3cc12. The molecule has 3 nitrogen and oxygen atoms in total. The lowest BCUT2D eigenvalue weighted by Crippen LogP contribution is -1.92. The third-order valence-corrected chi connectivity index (χ3v) is 6.44. The van der Waals surface area contributed by atoms with Gasteiger partial charge >= 0.3 is 8.25 Å². The fourth-order valence-electron chi connectivity index (χ4n) is 3.89. The molecule has 0 spiro atoms. The summed E-state index contributed by atoms with van der Waals surface area (Å²) in [6, 6.07) is 18.3. The van der Waals surface area contributed by atoms with Crippen molar-refractivity contribution in [1.29, 1.82) is 0 Å². The number of hydrogen-bond donors (Lipinski definition) is 0. The van der Waals surface area contributed by atoms with E-state index in [4.69, 9.17) is 9.05 Å². The molecule has 3 aromatic rings. The second-order valence-corrected chi connectivity index (χ2v) is 9.05. The number of unbranched alkanes of at least 4 members (excludes halogenated alkanes) is 9. The summed E-state index contributed by atoms with van der Waals surface area (Å²) in [7, 11) is -2.54. The van der Waals surface area contributed by atoms with E-state index in [1.165, 1.54) is 56.8 Å². The van der Waals surface area contributed by atoms with Gasteiger partial charge in [-0.2, -0.15) is 0 Å². The number of hydrogen-bond acceptors (Lipinski definition) is 3. The molecule has 1 atom stereocenters. The van der Waals surface area contributed by atoms with Gasteiger partial charge in [0.2, 0.25) is 0 Å². The van der Waals surface area contributed by atoms with Crippen molar-refractivity contribution in [2.45, 2.75) is 71.1 Å². The first kappa shape index (κ1) is 22.8. The highest BCUT2D eigenvalue weighted by atomic mass is 31.1. The quantitative estimate of drug-likeness (QED) is 0.147. The van der Waals surface area contributed by atoms with Gasteiger partial charge < -0.3 is 9.05 Å². The van der Waals surface area contributed by atoms with Gasteiger partial charge in [0.25, 0.3) is 0 Å². The van der Waals surface area contributed by atoms with Crippen molar-refractivity contribution >= 4 is 29.8 Å². The maximum atomic E-state index is 12.3. The topological polar surface area (TPSA) is 35.5 Å². The Labute approximate surface area is 181 Å². The molecule has 0 aliphatic heterocycles. The summed E-state index contributed by atoms with van der Waals surface area (Å²) >= 11 is 0. The van der Waals surface area contributed by atoms with Crippen molar-refractivity contribution in [3.8, 4) is 5.75 Å². The Balaban J connectivity index is 1.38. The average Bonchev–Trinajstić information content (AvgIpc) is 2.76. The lowest BCUT2D eigenvalue weighted by atomic mass is 10.0. The maximum absolute atomic E-state index is 12.3. The van der Waals surface area contributed by atoms with Gasteiger partial charge in [0.15, 0.2) is 0 Å². The highest BCUT2D eigenvalue weighted by Crippen LogP contribution is 2.35. The maximum Gasteiger partial charge on any atom is 0.367 e. The van der Waals surface area contributed by atoms with E-state index in [9.17, 15) is 4.57 Å². The smallest absolute Gasteiger partial charge is 0.367 e. The zero-order valence-electron chi connectivity index (χ0n) is 18.2. The van der Waals surface area contributed by atoms with Gasteiger partial charge in [0.1, 0.15) is 5.75 Å². The number of benzene rings is 3. The summed E-state index contributed by atoms with van der Waals surface area (Å²) < 4.78 is 23.5. The first-order chi connectivity index (χ1) is 14.8. The summed E-state index contributed by atoms with van der Waals surface area (Å²) in [6.45, 7) is 2.76. The first-order valence-corrected chi connectivity index (χ1v) is 12.8. The molecule has 0 N–H and O–H groups in total. The van der Waals surface area contributed by atoms with Crippen LogP contribution in [0.2, 0.25) is 0 Å². The minimum atomic E-state index is -2.54. The summed E-state index contributed by atoms with van der Waals surface area (Å²) in [5.41, 5.74) is 0. The van der Waals surface area contributed by atoms with Crippen LogP contribution in [0.3, 0.4) is 0 Å². The Hall–Kier alpha value is -1.83. The normalized spacial score (nSPS) is 12.4. The lowest BCUT2D eigenvalue weighted by Gasteiger charge is -2.10. The van der Waals surface area contributed by atoms with Gasteiger partial charge in [0, 0.05) is 5.39 Å². The van der Waals surface area contributed by atoms with Gasteiger partial charge in [-0.1, -0.05) is 101 Å². The summed E-state index contributed by atoms with van der Waals surface area (Å²) in [6.07, 6.45) is 12.7. The van der Waals surface area contributed by atoms with Gasteiger partial charge in [-0.05, 0) is 40.8 Å². The van der Waals surface area contributed by atoms with E-state index in [-0.39, 0.29) is 0 Å². The predicted octanol–water partition coefficient (Wildman–Crippen LogP) is 8.70. The van der Waals surface area contributed by atoms with Gasteiger partial charge in [-0.25, -0.2) is 4.57 Å². The summed E-state index contributed by atoms with van der Waals surface area (Å²) in [5, 5.41) is 4.38. The standard InChI is InChI=1S/C26H35O3P/c1-2-3-4-5-6-7-8-9-10-13-19-28-30(27)29-26-18-14-17-24-20-22-15-11-12-16-23(22)21-25(24)26/h11-12,14-18,20-21,30H,2-10,13,19H2,1H3. The van der Waals surface area contributed by atoms with Crippen LogP contribution < -0.4 is 4.52 Å². The van der Waals surface area contributed by atoms with E-state index in [1.54, 1.807) is 0 Å². The minimum Gasteiger partial charge on any atom is -0.426 e. The molecule has 0 saturated carbocycles. The van der Waals surface area contributed by atoms with Crippen molar-refractivity contribution in [2.75, 3.05) is 6.61 Å². The lowest BCUT2D eigenvalue weighted by molar-refractivity contribution is 0.278. The molecule has 3 rings (SSSR count). The third-order valence-electron chi connectivity index (χ3n) is 5.62. The fourth-order valence-corrected chi connectivity index (χ4v) is 4.62. The molecule has 0 aromatic heterocycles. The van der Waals surface area contributed by atoms with Crippen LogP contribution >= 0.6 is 8.25 Å². The van der Waals surface area contributed by atoms with Crippen molar-refractivity contribution < 1.29 is 13.6 Å². The highest BCUT2D eigenvalue weighted by Gasteiger charge is 2.08. The molecule has 3 aromatic carbocycles. The van der Waals surface area contributed by atoms with Crippen LogP contribution in [0.25, 0.3) is 21.5 Å². The largest absolute Gasteiger partial charge is 0.426 e. The Morgan fingerprint density at radius 2 is 1.30 bits per heavy atom. The van der Waals surface area contributed by atoms with Crippen LogP contribution in [0.15, 0.2) is 54.6 Å². The van der Waals surface area contributed by atoms with Crippen LogP contribution in [-0.4, -0.2) is 6.61 Å². The van der Waals surface area contributed by atoms with E-state index in [1.807, 2.05) is 24.3 Å². The molecule has 0 radical (unpaired) electrons. The Morgan fingerprint density at radius 3 is 2.00 bits per heavy atom. The van der Waals surface area contributed by atoms with E-state index in [0.29, 0.717) is 12.4 Å². The monoisotopic (exact) mass is 426 g/mol. The molecule has 0 amide bonds. The van der Waals surface area contributed by atoms with Crippen LogP contribution in [0.4, 0.5) is 0 Å². The van der Waals surface area contributed by atoms with Crippen LogP contribution in [-0.2, 0) is 9.09 Å². The molecular weight excluding hydrogens is 391 g/mol. The molecule has 0 fully saturated rings. The average molecular weight is 427 g/mol. The Morgan fingerprint density at radius 1 is 0.700 bits per heavy atom. The van der Waals surface area contributed by atoms with E-state index in [2.05, 4.69) is 37.3 Å².